The third-order valence-electron chi connectivity index (χ3n) is 3.72. The number of halogens is 2. The quantitative estimate of drug-likeness (QED) is 0.607. The molecule has 0 bridgehead atoms. The number of nitrogens with one attached hydrogen (secondary N) is 2. The number of benzene rings is 2. The van der Waals surface area contributed by atoms with Crippen LogP contribution >= 0.6 is 23.2 Å². The molecule has 3 rings (SSSR count). The van der Waals surface area contributed by atoms with Gasteiger partial charge in [-0.15, -0.1) is 0 Å². The lowest BCUT2D eigenvalue weighted by atomic mass is 10.2. The van der Waals surface area contributed by atoms with Crippen LogP contribution in [-0.4, -0.2) is 24.1 Å². The normalized spacial score (nSPS) is 11.2. The zero-order chi connectivity index (χ0) is 20.3. The van der Waals surface area contributed by atoms with Gasteiger partial charge in [0.1, 0.15) is 0 Å². The Morgan fingerprint density at radius 3 is 2.46 bits per heavy atom. The molecule has 146 valence electrons. The summed E-state index contributed by atoms with van der Waals surface area (Å²) in [6.45, 7) is 1.74. The summed E-state index contributed by atoms with van der Waals surface area (Å²) in [5, 5.41) is 7.77. The summed E-state index contributed by atoms with van der Waals surface area (Å²) in [4.78, 5) is 11.1. The summed E-state index contributed by atoms with van der Waals surface area (Å²) in [5.41, 5.74) is 1.63. The number of sulfonamides is 1. The van der Waals surface area contributed by atoms with Gasteiger partial charge in [0.2, 0.25) is 5.91 Å². The number of carbonyl (C=O) groups is 1. The topological polar surface area (TPSA) is 93.1 Å². The third-order valence-corrected chi connectivity index (χ3v) is 5.70. The van der Waals surface area contributed by atoms with Crippen molar-refractivity contribution in [2.45, 2.75) is 18.4 Å². The number of rotatable bonds is 6. The van der Waals surface area contributed by atoms with E-state index in [4.69, 9.17) is 23.2 Å². The Labute approximate surface area is 172 Å². The average Bonchev–Trinajstić information content (AvgIpc) is 3.03. The summed E-state index contributed by atoms with van der Waals surface area (Å²) >= 11 is 12.0. The van der Waals surface area contributed by atoms with E-state index in [0.717, 1.165) is 5.56 Å². The predicted molar refractivity (Wildman–Crippen MR) is 109 cm³/mol. The van der Waals surface area contributed by atoms with Crippen molar-refractivity contribution in [2.24, 2.45) is 0 Å². The molecule has 0 unspecified atom stereocenters. The maximum absolute atomic E-state index is 12.5. The van der Waals surface area contributed by atoms with E-state index in [1.165, 1.54) is 37.4 Å². The fourth-order valence-corrected chi connectivity index (χ4v) is 3.96. The van der Waals surface area contributed by atoms with Gasteiger partial charge >= 0.3 is 0 Å². The van der Waals surface area contributed by atoms with Crippen LogP contribution in [0.5, 0.6) is 0 Å². The van der Waals surface area contributed by atoms with Crippen LogP contribution in [0.3, 0.4) is 0 Å². The smallest absolute Gasteiger partial charge is 0.261 e. The van der Waals surface area contributed by atoms with Crippen LogP contribution in [-0.2, 0) is 21.4 Å². The minimum absolute atomic E-state index is 0.0649. The molecule has 0 aliphatic rings. The molecule has 28 heavy (non-hydrogen) atoms. The lowest BCUT2D eigenvalue weighted by molar-refractivity contribution is -0.114. The second-order valence-electron chi connectivity index (χ2n) is 5.97. The van der Waals surface area contributed by atoms with Crippen molar-refractivity contribution in [3.05, 3.63) is 70.5 Å². The van der Waals surface area contributed by atoms with Gasteiger partial charge < -0.3 is 5.32 Å². The van der Waals surface area contributed by atoms with Crippen molar-refractivity contribution in [3.63, 3.8) is 0 Å². The van der Waals surface area contributed by atoms with Crippen LogP contribution in [0.1, 0.15) is 12.5 Å². The first-order valence-corrected chi connectivity index (χ1v) is 10.3. The molecule has 0 spiro atoms. The van der Waals surface area contributed by atoms with Gasteiger partial charge in [0.15, 0.2) is 0 Å². The first-order valence-electron chi connectivity index (χ1n) is 8.10. The van der Waals surface area contributed by atoms with Gasteiger partial charge in [-0.2, -0.15) is 5.10 Å². The van der Waals surface area contributed by atoms with Crippen molar-refractivity contribution >= 4 is 50.5 Å². The van der Waals surface area contributed by atoms with Crippen molar-refractivity contribution < 1.29 is 13.2 Å². The largest absolute Gasteiger partial charge is 0.326 e. The second-order valence-corrected chi connectivity index (χ2v) is 8.50. The number of nitrogens with zero attached hydrogens (tertiary/aromatic N) is 2. The van der Waals surface area contributed by atoms with Gasteiger partial charge in [0.05, 0.1) is 23.3 Å². The number of aromatic nitrogens is 2. The third kappa shape index (κ3) is 5.03. The Balaban J connectivity index is 1.72. The molecule has 0 radical (unpaired) electrons. The van der Waals surface area contributed by atoms with Crippen molar-refractivity contribution in [1.29, 1.82) is 0 Å². The Kier molecular flexibility index (Phi) is 5.93. The Bertz CT molecular complexity index is 1110. The molecule has 1 aromatic heterocycles. The van der Waals surface area contributed by atoms with Crippen LogP contribution in [0.25, 0.3) is 0 Å². The molecule has 10 heteroatoms. The van der Waals surface area contributed by atoms with E-state index in [-0.39, 0.29) is 10.8 Å². The number of hydrogen-bond donors (Lipinski definition) is 2. The van der Waals surface area contributed by atoms with Crippen LogP contribution in [0, 0.1) is 0 Å². The molecule has 2 aromatic carbocycles. The minimum atomic E-state index is -3.79. The van der Waals surface area contributed by atoms with Crippen LogP contribution in [0.15, 0.2) is 59.8 Å². The SMILES string of the molecule is CC(=O)Nc1ccc(S(=O)(=O)Nc2cnn(Cc3ccc(Cl)cc3Cl)c2)cc1. The van der Waals surface area contributed by atoms with Gasteiger partial charge in [-0.05, 0) is 42.0 Å². The monoisotopic (exact) mass is 438 g/mol. The standard InChI is InChI=1S/C18H16Cl2N4O3S/c1-12(25)22-15-4-6-17(7-5-15)28(26,27)23-16-9-21-24(11-16)10-13-2-3-14(19)8-18(13)20/h2-9,11,23H,10H2,1H3,(H,22,25). The fraction of sp³-hybridized carbons (Fsp3) is 0.111. The van der Waals surface area contributed by atoms with Gasteiger partial charge in [0.25, 0.3) is 10.0 Å². The maximum Gasteiger partial charge on any atom is 0.261 e. The first-order chi connectivity index (χ1) is 13.2. The van der Waals surface area contributed by atoms with Crippen molar-refractivity contribution in [2.75, 3.05) is 10.0 Å². The predicted octanol–water partition coefficient (Wildman–Crippen LogP) is 4.00. The molecule has 3 aromatic rings. The summed E-state index contributed by atoms with van der Waals surface area (Å²) in [6.07, 6.45) is 2.97. The lowest BCUT2D eigenvalue weighted by Gasteiger charge is -2.07. The minimum Gasteiger partial charge on any atom is -0.326 e. The van der Waals surface area contributed by atoms with E-state index in [9.17, 15) is 13.2 Å². The molecule has 1 heterocycles. The van der Waals surface area contributed by atoms with Gasteiger partial charge in [-0.3, -0.25) is 14.2 Å². The molecule has 0 atom stereocenters. The fourth-order valence-electron chi connectivity index (χ4n) is 2.46. The molecular formula is C18H16Cl2N4O3S. The zero-order valence-electron chi connectivity index (χ0n) is 14.7. The van der Waals surface area contributed by atoms with E-state index in [0.29, 0.717) is 28.0 Å². The number of hydrogen-bond acceptors (Lipinski definition) is 4. The average molecular weight is 439 g/mol. The molecule has 0 aliphatic carbocycles. The summed E-state index contributed by atoms with van der Waals surface area (Å²) in [7, 11) is -3.79. The van der Waals surface area contributed by atoms with Crippen molar-refractivity contribution in [3.8, 4) is 0 Å². The van der Waals surface area contributed by atoms with Crippen LogP contribution in [0.4, 0.5) is 11.4 Å². The molecule has 7 nitrogen and oxygen atoms in total. The highest BCUT2D eigenvalue weighted by atomic mass is 35.5. The first kappa shape index (κ1) is 20.2. The molecule has 2 N–H and O–H groups in total. The molecular weight excluding hydrogens is 423 g/mol. The highest BCUT2D eigenvalue weighted by Crippen LogP contribution is 2.23. The summed E-state index contributed by atoms with van der Waals surface area (Å²) < 4.78 is 29.1. The van der Waals surface area contributed by atoms with Gasteiger partial charge in [0, 0.05) is 28.9 Å². The summed E-state index contributed by atoms with van der Waals surface area (Å²) in [6, 6.07) is 11.0. The van der Waals surface area contributed by atoms with E-state index in [1.54, 1.807) is 29.1 Å². The molecule has 0 saturated heterocycles. The van der Waals surface area contributed by atoms with Crippen LogP contribution < -0.4 is 10.0 Å². The highest BCUT2D eigenvalue weighted by molar-refractivity contribution is 7.92. The number of carbonyl (C=O) groups excluding carboxylic acids is 1. The molecule has 1 amide bonds. The Morgan fingerprint density at radius 1 is 1.11 bits per heavy atom. The highest BCUT2D eigenvalue weighted by Gasteiger charge is 2.15. The Morgan fingerprint density at radius 2 is 1.82 bits per heavy atom. The number of anilines is 2. The molecule has 0 fully saturated rings. The Hall–Kier alpha value is -2.55. The van der Waals surface area contributed by atoms with E-state index in [2.05, 4.69) is 15.1 Å². The van der Waals surface area contributed by atoms with Crippen molar-refractivity contribution in [1.82, 2.24) is 9.78 Å². The number of amides is 1. The second kappa shape index (κ2) is 8.22. The molecule has 0 saturated carbocycles. The van der Waals surface area contributed by atoms with Gasteiger partial charge in [-0.25, -0.2) is 8.42 Å². The maximum atomic E-state index is 12.5. The van der Waals surface area contributed by atoms with Gasteiger partial charge in [-0.1, -0.05) is 29.3 Å². The van der Waals surface area contributed by atoms with E-state index < -0.39 is 10.0 Å². The van der Waals surface area contributed by atoms with E-state index >= 15 is 0 Å². The lowest BCUT2D eigenvalue weighted by Crippen LogP contribution is -2.13. The molecule has 0 aliphatic heterocycles. The summed E-state index contributed by atoms with van der Waals surface area (Å²) in [5.74, 6) is -0.234. The van der Waals surface area contributed by atoms with Crippen LogP contribution in [0.2, 0.25) is 10.0 Å². The van der Waals surface area contributed by atoms with E-state index in [1.807, 2.05) is 0 Å². The zero-order valence-corrected chi connectivity index (χ0v) is 17.0.